The number of nitrogens with zero attached hydrogens (tertiary/aromatic N) is 5. The van der Waals surface area contributed by atoms with Gasteiger partial charge in [-0.25, -0.2) is 19.4 Å². The molecule has 2 aromatic carbocycles. The molecule has 0 unspecified atom stereocenters. The van der Waals surface area contributed by atoms with Crippen LogP contribution in [0.5, 0.6) is 23.1 Å². The molecule has 174 valence electrons. The summed E-state index contributed by atoms with van der Waals surface area (Å²) in [5.41, 5.74) is 8.50. The Morgan fingerprint density at radius 1 is 1.09 bits per heavy atom. The summed E-state index contributed by atoms with van der Waals surface area (Å²) in [6.45, 7) is 0.142. The van der Waals surface area contributed by atoms with E-state index in [9.17, 15) is 4.79 Å². The van der Waals surface area contributed by atoms with E-state index in [2.05, 4.69) is 20.3 Å². The molecule has 3 aromatic heterocycles. The van der Waals surface area contributed by atoms with Crippen LogP contribution in [0.3, 0.4) is 0 Å². The predicted molar refractivity (Wildman–Crippen MR) is 121 cm³/mol. The Bertz CT molecular complexity index is 1590. The maximum absolute atomic E-state index is 11.9. The van der Waals surface area contributed by atoms with Crippen LogP contribution in [-0.2, 0) is 4.74 Å². The second-order valence-electron chi connectivity index (χ2n) is 7.44. The van der Waals surface area contributed by atoms with Crippen molar-refractivity contribution < 1.29 is 28.4 Å². The van der Waals surface area contributed by atoms with Gasteiger partial charge < -0.3 is 24.7 Å². The van der Waals surface area contributed by atoms with E-state index in [0.29, 0.717) is 45.4 Å². The number of hydrogen-bond donors (Lipinski definition) is 1. The lowest BCUT2D eigenvalue weighted by Gasteiger charge is -2.10. The van der Waals surface area contributed by atoms with Gasteiger partial charge in [-0.05, 0) is 40.6 Å². The van der Waals surface area contributed by atoms with Gasteiger partial charge in [0.25, 0.3) is 0 Å². The molecule has 2 N–H and O–H groups in total. The van der Waals surface area contributed by atoms with Crippen molar-refractivity contribution >= 4 is 22.8 Å². The predicted octanol–water partition coefficient (Wildman–Crippen LogP) is 3.36. The molecule has 0 aliphatic carbocycles. The van der Waals surface area contributed by atoms with Crippen LogP contribution < -0.4 is 19.9 Å². The average molecular weight is 472 g/mol. The molecule has 1 aliphatic heterocycles. The number of carbonyl (C=O) groups excluding carboxylic acids is 1. The number of rotatable bonds is 5. The minimum Gasteiger partial charge on any atom is -0.465 e. The summed E-state index contributed by atoms with van der Waals surface area (Å²) in [6.07, 6.45) is 1.56. The first-order valence-electron chi connectivity index (χ1n) is 10.3. The van der Waals surface area contributed by atoms with Crippen LogP contribution >= 0.6 is 0 Å². The number of methoxy groups -OCH3 is 1. The Hall–Kier alpha value is -5.13. The number of ether oxygens (including phenoxy) is 4. The van der Waals surface area contributed by atoms with Crippen molar-refractivity contribution in [1.82, 2.24) is 24.8 Å². The van der Waals surface area contributed by atoms with Crippen LogP contribution in [0.1, 0.15) is 10.4 Å². The van der Waals surface area contributed by atoms with E-state index < -0.39 is 5.97 Å². The number of benzene rings is 2. The van der Waals surface area contributed by atoms with Crippen molar-refractivity contribution in [2.75, 3.05) is 19.6 Å². The first-order chi connectivity index (χ1) is 17.1. The number of anilines is 1. The summed E-state index contributed by atoms with van der Waals surface area (Å²) in [5, 5.41) is 7.59. The van der Waals surface area contributed by atoms with Gasteiger partial charge in [-0.2, -0.15) is 0 Å². The number of fused-ring (bicyclic) bond motifs is 2. The van der Waals surface area contributed by atoms with Gasteiger partial charge in [0, 0.05) is 12.1 Å². The van der Waals surface area contributed by atoms with E-state index in [1.54, 1.807) is 42.6 Å². The molecule has 0 saturated heterocycles. The molecule has 12 nitrogen and oxygen atoms in total. The van der Waals surface area contributed by atoms with Gasteiger partial charge in [0.15, 0.2) is 28.8 Å². The minimum atomic E-state index is -0.469. The number of pyridine rings is 1. The lowest BCUT2D eigenvalue weighted by atomic mass is 10.2. The molecule has 0 saturated carbocycles. The average Bonchev–Trinajstić information content (AvgIpc) is 3.60. The molecular weight excluding hydrogens is 456 g/mol. The van der Waals surface area contributed by atoms with Crippen LogP contribution in [0.15, 0.2) is 59.4 Å². The van der Waals surface area contributed by atoms with Crippen molar-refractivity contribution in [2.24, 2.45) is 0 Å². The molecular formula is C23H16N6O6. The maximum Gasteiger partial charge on any atom is 0.337 e. The molecule has 0 fully saturated rings. The number of nitrogen functional groups attached to an aromatic ring is 1. The third kappa shape index (κ3) is 3.53. The van der Waals surface area contributed by atoms with Crippen LogP contribution in [0.2, 0.25) is 0 Å². The van der Waals surface area contributed by atoms with Gasteiger partial charge in [-0.1, -0.05) is 6.07 Å². The minimum absolute atomic E-state index is 0.0892. The van der Waals surface area contributed by atoms with Crippen LogP contribution in [0.25, 0.3) is 28.2 Å². The van der Waals surface area contributed by atoms with Crippen LogP contribution in [0, 0.1) is 0 Å². The van der Waals surface area contributed by atoms with E-state index in [4.69, 9.17) is 29.3 Å². The van der Waals surface area contributed by atoms with E-state index in [-0.39, 0.29) is 24.2 Å². The molecule has 0 radical (unpaired) electrons. The Morgan fingerprint density at radius 2 is 1.97 bits per heavy atom. The lowest BCUT2D eigenvalue weighted by Crippen LogP contribution is -2.01. The Kier molecular flexibility index (Phi) is 4.69. The summed E-state index contributed by atoms with van der Waals surface area (Å²) in [5.74, 6) is 1.93. The molecule has 35 heavy (non-hydrogen) atoms. The highest BCUT2D eigenvalue weighted by molar-refractivity contribution is 5.89. The third-order valence-corrected chi connectivity index (χ3v) is 5.33. The Morgan fingerprint density at radius 3 is 2.80 bits per heavy atom. The summed E-state index contributed by atoms with van der Waals surface area (Å²) in [7, 11) is 1.32. The fourth-order valence-corrected chi connectivity index (χ4v) is 3.74. The standard InChI is InChI=1S/C23H16N6O6/c1-31-23(30)12-3-2-4-14(7-12)34-19-9-16-15(10-25-19)26-22(20-21(24)28-35-27-20)29(16)13-5-6-17-18(8-13)33-11-32-17/h2-10H,11H2,1H3,(H2,24,28). The molecule has 5 aromatic rings. The SMILES string of the molecule is COC(=O)c1cccc(Oc2cc3c(cn2)nc(-c2nonc2N)n3-c2ccc3c(c2)OCO3)c1. The summed E-state index contributed by atoms with van der Waals surface area (Å²) in [6, 6.07) is 13.8. The highest BCUT2D eigenvalue weighted by Crippen LogP contribution is 2.37. The fraction of sp³-hybridized carbons (Fsp3) is 0.0870. The second kappa shape index (κ2) is 8.02. The Balaban J connectivity index is 1.48. The van der Waals surface area contributed by atoms with E-state index in [1.165, 1.54) is 7.11 Å². The molecule has 0 spiro atoms. The Labute approximate surface area is 196 Å². The van der Waals surface area contributed by atoms with Crippen molar-refractivity contribution in [1.29, 1.82) is 0 Å². The summed E-state index contributed by atoms with van der Waals surface area (Å²) < 4.78 is 28.3. The van der Waals surface area contributed by atoms with Gasteiger partial charge >= 0.3 is 5.97 Å². The fourth-order valence-electron chi connectivity index (χ4n) is 3.74. The van der Waals surface area contributed by atoms with Crippen molar-refractivity contribution in [3.8, 4) is 40.3 Å². The lowest BCUT2D eigenvalue weighted by molar-refractivity contribution is 0.0600. The quantitative estimate of drug-likeness (QED) is 0.375. The third-order valence-electron chi connectivity index (χ3n) is 5.33. The highest BCUT2D eigenvalue weighted by Gasteiger charge is 2.23. The highest BCUT2D eigenvalue weighted by atomic mass is 16.7. The number of imidazole rings is 1. The number of hydrogen-bond acceptors (Lipinski definition) is 11. The summed E-state index contributed by atoms with van der Waals surface area (Å²) in [4.78, 5) is 20.9. The van der Waals surface area contributed by atoms with E-state index >= 15 is 0 Å². The topological polar surface area (TPSA) is 150 Å². The smallest absolute Gasteiger partial charge is 0.337 e. The normalized spacial score (nSPS) is 12.1. The largest absolute Gasteiger partial charge is 0.465 e. The van der Waals surface area contributed by atoms with Crippen molar-refractivity contribution in [3.63, 3.8) is 0 Å². The molecule has 0 bridgehead atoms. The molecule has 1 aliphatic rings. The van der Waals surface area contributed by atoms with Crippen molar-refractivity contribution in [3.05, 3.63) is 60.3 Å². The maximum atomic E-state index is 11.9. The zero-order chi connectivity index (χ0) is 23.9. The molecule has 6 rings (SSSR count). The van der Waals surface area contributed by atoms with Gasteiger partial charge in [-0.3, -0.25) is 4.57 Å². The molecule has 0 atom stereocenters. The van der Waals surface area contributed by atoms with Gasteiger partial charge in [0.1, 0.15) is 11.3 Å². The summed E-state index contributed by atoms with van der Waals surface area (Å²) >= 11 is 0. The first-order valence-corrected chi connectivity index (χ1v) is 10.3. The van der Waals surface area contributed by atoms with E-state index in [0.717, 1.165) is 0 Å². The first kappa shape index (κ1) is 20.5. The number of nitrogens with two attached hydrogens (primary N) is 1. The second-order valence-corrected chi connectivity index (χ2v) is 7.44. The molecule has 12 heteroatoms. The van der Waals surface area contributed by atoms with Crippen LogP contribution in [-0.4, -0.2) is 44.7 Å². The van der Waals surface area contributed by atoms with Gasteiger partial charge in [0.2, 0.25) is 12.7 Å². The monoisotopic (exact) mass is 472 g/mol. The number of carbonyl (C=O) groups is 1. The zero-order valence-corrected chi connectivity index (χ0v) is 18.2. The van der Waals surface area contributed by atoms with E-state index in [1.807, 2.05) is 16.7 Å². The van der Waals surface area contributed by atoms with Gasteiger partial charge in [0.05, 0.1) is 30.1 Å². The molecule has 0 amide bonds. The number of esters is 1. The zero-order valence-electron chi connectivity index (χ0n) is 18.2. The van der Waals surface area contributed by atoms with Crippen LogP contribution in [0.4, 0.5) is 5.82 Å². The molecule has 4 heterocycles. The van der Waals surface area contributed by atoms with Crippen molar-refractivity contribution in [2.45, 2.75) is 0 Å². The number of aromatic nitrogens is 5. The van der Waals surface area contributed by atoms with Gasteiger partial charge in [-0.15, -0.1) is 0 Å².